The number of aliphatic hydroxyl groups excluding tert-OH is 1. The summed E-state index contributed by atoms with van der Waals surface area (Å²) in [5, 5.41) is 8.46. The first kappa shape index (κ1) is 4.55. The zero-order chi connectivity index (χ0) is 5.28. The summed E-state index contributed by atoms with van der Waals surface area (Å²) in [5.41, 5.74) is 1.98. The lowest BCUT2D eigenvalue weighted by molar-refractivity contribution is -0.128. The van der Waals surface area contributed by atoms with Gasteiger partial charge in [-0.3, -0.25) is 9.63 Å². The van der Waals surface area contributed by atoms with E-state index in [-0.39, 0.29) is 6.61 Å². The summed E-state index contributed by atoms with van der Waals surface area (Å²) < 4.78 is 0. The molecule has 2 N–H and O–H groups in total. The first-order valence-corrected chi connectivity index (χ1v) is 1.90. The number of hydrogen-bond acceptors (Lipinski definition) is 3. The van der Waals surface area contributed by atoms with Crippen molar-refractivity contribution >= 4 is 5.91 Å². The number of hydroxylamine groups is 1. The van der Waals surface area contributed by atoms with Crippen molar-refractivity contribution in [3.05, 3.63) is 0 Å². The van der Waals surface area contributed by atoms with Crippen LogP contribution in [-0.2, 0) is 9.63 Å². The summed E-state index contributed by atoms with van der Waals surface area (Å²) >= 11 is 0. The smallest absolute Gasteiger partial charge is 0.274 e. The molecule has 4 nitrogen and oxygen atoms in total. The van der Waals surface area contributed by atoms with Crippen LogP contribution in [0.15, 0.2) is 0 Å². The van der Waals surface area contributed by atoms with E-state index in [9.17, 15) is 4.79 Å². The van der Waals surface area contributed by atoms with Gasteiger partial charge in [-0.15, -0.1) is 0 Å². The molecule has 40 valence electrons. The fourth-order valence-electron chi connectivity index (χ4n) is 0.335. The molecule has 0 aromatic rings. The standard InChI is InChI=1S/C3H5NO3/c5-2-1-7-4-3(2)6/h2,5H,1H2,(H,4,6). The maximum atomic E-state index is 10.1. The Morgan fingerprint density at radius 1 is 2.00 bits per heavy atom. The number of amides is 1. The second-order valence-electron chi connectivity index (χ2n) is 1.29. The Balaban J connectivity index is 2.48. The zero-order valence-electron chi connectivity index (χ0n) is 3.55. The van der Waals surface area contributed by atoms with E-state index in [0.717, 1.165) is 0 Å². The van der Waals surface area contributed by atoms with Gasteiger partial charge in [0.15, 0.2) is 6.10 Å². The average molecular weight is 103 g/mol. The second-order valence-corrected chi connectivity index (χ2v) is 1.29. The highest BCUT2D eigenvalue weighted by molar-refractivity contribution is 5.80. The Kier molecular flexibility index (Phi) is 0.958. The molecule has 1 aliphatic heterocycles. The molecule has 0 radical (unpaired) electrons. The molecule has 1 rings (SSSR count). The van der Waals surface area contributed by atoms with Crippen molar-refractivity contribution in [1.29, 1.82) is 0 Å². The Bertz CT molecular complexity index is 92.2. The molecule has 0 spiro atoms. The Labute approximate surface area is 40.0 Å². The van der Waals surface area contributed by atoms with Gasteiger partial charge in [-0.05, 0) is 0 Å². The van der Waals surface area contributed by atoms with Crippen LogP contribution >= 0.6 is 0 Å². The molecule has 1 amide bonds. The third-order valence-corrected chi connectivity index (χ3v) is 0.717. The summed E-state index contributed by atoms with van der Waals surface area (Å²) in [7, 11) is 0. The van der Waals surface area contributed by atoms with Gasteiger partial charge in [0.2, 0.25) is 0 Å². The maximum Gasteiger partial charge on any atom is 0.274 e. The SMILES string of the molecule is O=C1NOCC1O. The number of nitrogens with one attached hydrogen (secondary N) is 1. The Morgan fingerprint density at radius 3 is 2.86 bits per heavy atom. The van der Waals surface area contributed by atoms with Gasteiger partial charge in [0, 0.05) is 0 Å². The van der Waals surface area contributed by atoms with Gasteiger partial charge < -0.3 is 5.11 Å². The van der Waals surface area contributed by atoms with Gasteiger partial charge in [0.1, 0.15) is 6.61 Å². The molecule has 0 aromatic carbocycles. The van der Waals surface area contributed by atoms with Gasteiger partial charge in [-0.1, -0.05) is 0 Å². The minimum atomic E-state index is -0.958. The summed E-state index contributed by atoms with van der Waals surface area (Å²) in [6.45, 7) is 0.0683. The lowest BCUT2D eigenvalue weighted by atomic mass is 10.4. The van der Waals surface area contributed by atoms with Crippen molar-refractivity contribution < 1.29 is 14.7 Å². The minimum Gasteiger partial charge on any atom is -0.381 e. The normalized spacial score (nSPS) is 30.4. The highest BCUT2D eigenvalue weighted by atomic mass is 16.7. The Hall–Kier alpha value is -0.610. The van der Waals surface area contributed by atoms with E-state index in [4.69, 9.17) is 5.11 Å². The van der Waals surface area contributed by atoms with Crippen LogP contribution < -0.4 is 5.48 Å². The minimum absolute atomic E-state index is 0.0683. The quantitative estimate of drug-likeness (QED) is 0.388. The van der Waals surface area contributed by atoms with E-state index in [2.05, 4.69) is 4.84 Å². The molecule has 1 atom stereocenters. The van der Waals surface area contributed by atoms with Gasteiger partial charge in [-0.2, -0.15) is 0 Å². The van der Waals surface area contributed by atoms with Crippen molar-refractivity contribution in [3.63, 3.8) is 0 Å². The van der Waals surface area contributed by atoms with Crippen LogP contribution in [0, 0.1) is 0 Å². The molecule has 0 bridgehead atoms. The summed E-state index contributed by atoms with van der Waals surface area (Å²) in [6.07, 6.45) is -0.958. The van der Waals surface area contributed by atoms with E-state index >= 15 is 0 Å². The van der Waals surface area contributed by atoms with E-state index in [1.54, 1.807) is 0 Å². The number of rotatable bonds is 0. The van der Waals surface area contributed by atoms with Crippen LogP contribution in [0.3, 0.4) is 0 Å². The molecule has 1 heterocycles. The van der Waals surface area contributed by atoms with Gasteiger partial charge in [0.05, 0.1) is 0 Å². The highest BCUT2D eigenvalue weighted by Gasteiger charge is 2.21. The van der Waals surface area contributed by atoms with Crippen LogP contribution in [0.25, 0.3) is 0 Å². The van der Waals surface area contributed by atoms with Crippen molar-refractivity contribution in [3.8, 4) is 0 Å². The summed E-state index contributed by atoms with van der Waals surface area (Å²) in [6, 6.07) is 0. The topological polar surface area (TPSA) is 58.6 Å². The van der Waals surface area contributed by atoms with Crippen molar-refractivity contribution in [2.24, 2.45) is 0 Å². The summed E-state index contributed by atoms with van der Waals surface area (Å²) in [4.78, 5) is 14.4. The first-order chi connectivity index (χ1) is 3.30. The third kappa shape index (κ3) is 0.703. The molecule has 1 aliphatic rings. The molecular formula is C3H5NO3. The molecule has 0 aromatic heterocycles. The van der Waals surface area contributed by atoms with E-state index < -0.39 is 12.0 Å². The third-order valence-electron chi connectivity index (χ3n) is 0.717. The van der Waals surface area contributed by atoms with Crippen molar-refractivity contribution in [1.82, 2.24) is 5.48 Å². The van der Waals surface area contributed by atoms with E-state index in [1.165, 1.54) is 0 Å². The molecule has 0 saturated carbocycles. The lowest BCUT2D eigenvalue weighted by Gasteiger charge is -1.86. The molecule has 1 saturated heterocycles. The second kappa shape index (κ2) is 1.48. The molecule has 1 unspecified atom stereocenters. The zero-order valence-corrected chi connectivity index (χ0v) is 3.55. The fraction of sp³-hybridized carbons (Fsp3) is 0.667. The van der Waals surface area contributed by atoms with Crippen LogP contribution in [0.2, 0.25) is 0 Å². The number of carbonyl (C=O) groups is 1. The average Bonchev–Trinajstić information content (AvgIpc) is 1.91. The molecule has 7 heavy (non-hydrogen) atoms. The van der Waals surface area contributed by atoms with Crippen LogP contribution in [0.4, 0.5) is 0 Å². The summed E-state index contributed by atoms with van der Waals surface area (Å²) in [5.74, 6) is -0.458. The van der Waals surface area contributed by atoms with Gasteiger partial charge >= 0.3 is 0 Å². The molecule has 0 aliphatic carbocycles. The first-order valence-electron chi connectivity index (χ1n) is 1.90. The largest absolute Gasteiger partial charge is 0.381 e. The monoisotopic (exact) mass is 103 g/mol. The predicted octanol–water partition coefficient (Wildman–Crippen LogP) is -1.59. The van der Waals surface area contributed by atoms with Crippen molar-refractivity contribution in [2.45, 2.75) is 6.10 Å². The fourth-order valence-corrected chi connectivity index (χ4v) is 0.335. The van der Waals surface area contributed by atoms with Crippen LogP contribution in [0.1, 0.15) is 0 Å². The van der Waals surface area contributed by atoms with E-state index in [0.29, 0.717) is 0 Å². The van der Waals surface area contributed by atoms with Crippen LogP contribution in [0.5, 0.6) is 0 Å². The van der Waals surface area contributed by atoms with Crippen molar-refractivity contribution in [2.75, 3.05) is 6.61 Å². The van der Waals surface area contributed by atoms with Gasteiger partial charge in [-0.25, -0.2) is 5.48 Å². The molecular weight excluding hydrogens is 98.0 g/mol. The number of carbonyl (C=O) groups excluding carboxylic acids is 1. The number of hydrogen-bond donors (Lipinski definition) is 2. The van der Waals surface area contributed by atoms with Crippen LogP contribution in [-0.4, -0.2) is 23.7 Å². The lowest BCUT2D eigenvalue weighted by Crippen LogP contribution is -2.22. The number of aliphatic hydroxyl groups is 1. The Morgan fingerprint density at radius 2 is 2.71 bits per heavy atom. The molecule has 1 fully saturated rings. The molecule has 4 heteroatoms. The van der Waals surface area contributed by atoms with Gasteiger partial charge in [0.25, 0.3) is 5.91 Å². The van der Waals surface area contributed by atoms with E-state index in [1.807, 2.05) is 5.48 Å². The predicted molar refractivity (Wildman–Crippen MR) is 20.1 cm³/mol. The highest BCUT2D eigenvalue weighted by Crippen LogP contribution is 1.90. The maximum absolute atomic E-state index is 10.1.